The Kier molecular flexibility index (Phi) is 7.58. The molecule has 0 unspecified atom stereocenters. The van der Waals surface area contributed by atoms with Gasteiger partial charge in [-0.25, -0.2) is 9.97 Å². The van der Waals surface area contributed by atoms with E-state index in [1.165, 1.54) is 5.69 Å². The van der Waals surface area contributed by atoms with Crippen LogP contribution in [0.1, 0.15) is 38.3 Å². The molecule has 1 atom stereocenters. The first-order chi connectivity index (χ1) is 16.6. The lowest BCUT2D eigenvalue weighted by atomic mass is 10.0. The summed E-state index contributed by atoms with van der Waals surface area (Å²) >= 11 is 0. The lowest BCUT2D eigenvalue weighted by Crippen LogP contribution is -2.47. The van der Waals surface area contributed by atoms with Gasteiger partial charge < -0.3 is 14.5 Å². The molecule has 0 N–H and O–H groups in total. The van der Waals surface area contributed by atoms with Crippen LogP contribution in [0, 0.1) is 17.2 Å². The van der Waals surface area contributed by atoms with Crippen LogP contribution in [0.25, 0.3) is 11.0 Å². The summed E-state index contributed by atoms with van der Waals surface area (Å²) in [5.41, 5.74) is 2.97. The van der Waals surface area contributed by atoms with E-state index in [2.05, 4.69) is 41.8 Å². The van der Waals surface area contributed by atoms with E-state index in [1.54, 1.807) is 0 Å². The summed E-state index contributed by atoms with van der Waals surface area (Å²) in [6, 6.07) is 20.0. The number of carbonyl (C=O) groups is 1. The number of ether oxygens (including phenoxy) is 1. The number of nitrogens with zero attached hydrogens (tertiary/aromatic N) is 5. The lowest BCUT2D eigenvalue weighted by molar-refractivity contribution is -0.145. The Labute approximate surface area is 201 Å². The van der Waals surface area contributed by atoms with Gasteiger partial charge in [0, 0.05) is 31.9 Å². The number of nitriles is 1. The van der Waals surface area contributed by atoms with Crippen LogP contribution in [0.3, 0.4) is 0 Å². The Morgan fingerprint density at radius 3 is 2.15 bits per heavy atom. The van der Waals surface area contributed by atoms with Crippen molar-refractivity contribution in [1.29, 1.82) is 5.26 Å². The largest absolute Gasteiger partial charge is 0.464 e. The zero-order valence-corrected chi connectivity index (χ0v) is 19.9. The van der Waals surface area contributed by atoms with Crippen LogP contribution in [0.4, 0.5) is 11.5 Å². The SMILES string of the molecule is CCC(CC)COC(=O)[C@@H](C#N)c1nc2ccccc2nc1N1CCN(c2ccccc2)CC1. The van der Waals surface area contributed by atoms with E-state index in [0.717, 1.165) is 44.5 Å². The topological polar surface area (TPSA) is 82.3 Å². The number of carbonyl (C=O) groups excluding carboxylic acids is 1. The molecule has 176 valence electrons. The van der Waals surface area contributed by atoms with Gasteiger partial charge in [-0.2, -0.15) is 5.26 Å². The first-order valence-electron chi connectivity index (χ1n) is 12.0. The molecular weight excluding hydrogens is 426 g/mol. The van der Waals surface area contributed by atoms with Gasteiger partial charge in [0.1, 0.15) is 5.69 Å². The second-order valence-electron chi connectivity index (χ2n) is 8.61. The molecule has 7 nitrogen and oxygen atoms in total. The first kappa shape index (κ1) is 23.5. The van der Waals surface area contributed by atoms with Gasteiger partial charge in [0.15, 0.2) is 11.7 Å². The van der Waals surface area contributed by atoms with Crippen molar-refractivity contribution in [2.24, 2.45) is 5.92 Å². The molecule has 1 aliphatic heterocycles. The van der Waals surface area contributed by atoms with Gasteiger partial charge in [0.25, 0.3) is 0 Å². The molecule has 0 amide bonds. The summed E-state index contributed by atoms with van der Waals surface area (Å²) in [5.74, 6) is -0.786. The van der Waals surface area contributed by atoms with Crippen LogP contribution in [-0.2, 0) is 9.53 Å². The molecule has 0 saturated carbocycles. The highest BCUT2D eigenvalue weighted by atomic mass is 16.5. The fraction of sp³-hybridized carbons (Fsp3) is 0.407. The summed E-state index contributed by atoms with van der Waals surface area (Å²) in [5, 5.41) is 9.97. The highest BCUT2D eigenvalue weighted by Gasteiger charge is 2.31. The second kappa shape index (κ2) is 11.0. The van der Waals surface area contributed by atoms with Crippen LogP contribution >= 0.6 is 0 Å². The maximum Gasteiger partial charge on any atom is 0.329 e. The molecule has 0 bridgehead atoms. The normalized spacial score (nSPS) is 14.8. The predicted octanol–water partition coefficient (Wildman–Crippen LogP) is 4.54. The molecule has 34 heavy (non-hydrogen) atoms. The van der Waals surface area contributed by atoms with Crippen LogP contribution in [0.5, 0.6) is 0 Å². The van der Waals surface area contributed by atoms with Crippen LogP contribution in [-0.4, -0.2) is 48.7 Å². The van der Waals surface area contributed by atoms with Crippen molar-refractivity contribution in [2.75, 3.05) is 42.6 Å². The third-order valence-corrected chi connectivity index (χ3v) is 6.53. The number of rotatable bonds is 8. The Bertz CT molecular complexity index is 1150. The number of aromatic nitrogens is 2. The third-order valence-electron chi connectivity index (χ3n) is 6.53. The minimum atomic E-state index is -1.12. The molecule has 1 saturated heterocycles. The molecule has 2 aromatic carbocycles. The highest BCUT2D eigenvalue weighted by molar-refractivity contribution is 5.85. The zero-order chi connectivity index (χ0) is 23.9. The van der Waals surface area contributed by atoms with Crippen molar-refractivity contribution in [3.63, 3.8) is 0 Å². The first-order valence-corrected chi connectivity index (χ1v) is 12.0. The molecule has 0 aliphatic carbocycles. The molecule has 7 heteroatoms. The molecule has 0 spiro atoms. The monoisotopic (exact) mass is 457 g/mol. The van der Waals surface area contributed by atoms with E-state index in [9.17, 15) is 10.1 Å². The maximum absolute atomic E-state index is 13.0. The van der Waals surface area contributed by atoms with Gasteiger partial charge in [-0.3, -0.25) is 4.79 Å². The number of piperazine rings is 1. The minimum absolute atomic E-state index is 0.288. The van der Waals surface area contributed by atoms with Gasteiger partial charge in [0.2, 0.25) is 0 Å². The summed E-state index contributed by atoms with van der Waals surface area (Å²) in [7, 11) is 0. The number of hydrogen-bond donors (Lipinski definition) is 0. The minimum Gasteiger partial charge on any atom is -0.464 e. The quantitative estimate of drug-likeness (QED) is 0.459. The van der Waals surface area contributed by atoms with Gasteiger partial charge in [-0.05, 0) is 30.2 Å². The Morgan fingerprint density at radius 2 is 1.53 bits per heavy atom. The molecule has 1 fully saturated rings. The highest BCUT2D eigenvalue weighted by Crippen LogP contribution is 2.29. The molecule has 1 aliphatic rings. The van der Waals surface area contributed by atoms with Crippen LogP contribution in [0.2, 0.25) is 0 Å². The van der Waals surface area contributed by atoms with E-state index >= 15 is 0 Å². The smallest absolute Gasteiger partial charge is 0.329 e. The van der Waals surface area contributed by atoms with Gasteiger partial charge in [-0.1, -0.05) is 57.0 Å². The molecule has 2 heterocycles. The number of esters is 1. The predicted molar refractivity (Wildman–Crippen MR) is 134 cm³/mol. The summed E-state index contributed by atoms with van der Waals surface area (Å²) < 4.78 is 5.57. The maximum atomic E-state index is 13.0. The van der Waals surface area contributed by atoms with E-state index in [0.29, 0.717) is 23.6 Å². The van der Waals surface area contributed by atoms with Crippen LogP contribution < -0.4 is 9.80 Å². The molecule has 4 rings (SSSR count). The second-order valence-corrected chi connectivity index (χ2v) is 8.61. The van der Waals surface area contributed by atoms with Crippen molar-refractivity contribution in [1.82, 2.24) is 9.97 Å². The Morgan fingerprint density at radius 1 is 0.941 bits per heavy atom. The average molecular weight is 458 g/mol. The standard InChI is InChI=1S/C27H31N5O2/c1-3-20(4-2)19-34-27(33)22(18-28)25-26(30-24-13-9-8-12-23(24)29-25)32-16-14-31(15-17-32)21-10-6-5-7-11-21/h5-13,20,22H,3-4,14-17,19H2,1-2H3/t22-/m0/s1. The van der Waals surface area contributed by atoms with Gasteiger partial charge in [0.05, 0.1) is 23.7 Å². The van der Waals surface area contributed by atoms with Gasteiger partial charge >= 0.3 is 5.97 Å². The van der Waals surface area contributed by atoms with Crippen molar-refractivity contribution in [2.45, 2.75) is 32.6 Å². The molecule has 1 aromatic heterocycles. The number of anilines is 2. The molecule has 3 aromatic rings. The molecular formula is C27H31N5O2. The fourth-order valence-corrected chi connectivity index (χ4v) is 4.28. The summed E-state index contributed by atoms with van der Waals surface area (Å²) in [6.45, 7) is 7.53. The zero-order valence-electron chi connectivity index (χ0n) is 19.9. The van der Waals surface area contributed by atoms with E-state index in [1.807, 2.05) is 42.5 Å². The van der Waals surface area contributed by atoms with Crippen molar-refractivity contribution >= 4 is 28.5 Å². The van der Waals surface area contributed by atoms with E-state index < -0.39 is 11.9 Å². The number of benzene rings is 2. The van der Waals surface area contributed by atoms with Crippen molar-refractivity contribution in [3.05, 3.63) is 60.3 Å². The molecule has 0 radical (unpaired) electrons. The summed E-state index contributed by atoms with van der Waals surface area (Å²) in [4.78, 5) is 27.0. The van der Waals surface area contributed by atoms with Crippen LogP contribution in [0.15, 0.2) is 54.6 Å². The number of fused-ring (bicyclic) bond motifs is 1. The Balaban J connectivity index is 1.61. The summed E-state index contributed by atoms with van der Waals surface area (Å²) in [6.07, 6.45) is 1.85. The van der Waals surface area contributed by atoms with E-state index in [-0.39, 0.29) is 5.92 Å². The fourth-order valence-electron chi connectivity index (χ4n) is 4.28. The number of para-hydroxylation sites is 3. The van der Waals surface area contributed by atoms with Gasteiger partial charge in [-0.15, -0.1) is 0 Å². The van der Waals surface area contributed by atoms with Crippen molar-refractivity contribution < 1.29 is 9.53 Å². The van der Waals surface area contributed by atoms with Crippen molar-refractivity contribution in [3.8, 4) is 6.07 Å². The van der Waals surface area contributed by atoms with E-state index in [4.69, 9.17) is 14.7 Å². The number of hydrogen-bond acceptors (Lipinski definition) is 7. The third kappa shape index (κ3) is 5.12. The lowest BCUT2D eigenvalue weighted by Gasteiger charge is -2.37. The Hall–Kier alpha value is -3.66. The average Bonchev–Trinajstić information content (AvgIpc) is 2.90.